The molecule has 0 aromatic rings. The number of nitrogens with two attached hydrogens (primary N) is 1. The van der Waals surface area contributed by atoms with Gasteiger partial charge in [-0.25, -0.2) is 0 Å². The van der Waals surface area contributed by atoms with Crippen LogP contribution in [0.5, 0.6) is 0 Å². The number of amides is 1. The minimum absolute atomic E-state index is 0.0867. The largest absolute Gasteiger partial charge is 0.387 e. The van der Waals surface area contributed by atoms with Crippen LogP contribution < -0.4 is 11.1 Å². The maximum atomic E-state index is 12.1. The zero-order valence-electron chi connectivity index (χ0n) is 13.6. The summed E-state index contributed by atoms with van der Waals surface area (Å²) in [5.74, 6) is 0.753. The molecule has 0 spiro atoms. The second kappa shape index (κ2) is 9.94. The second-order valence-corrected chi connectivity index (χ2v) is 6.33. The van der Waals surface area contributed by atoms with E-state index < -0.39 is 6.10 Å². The smallest absolute Gasteiger partial charge is 0.246 e. The van der Waals surface area contributed by atoms with Gasteiger partial charge in [-0.2, -0.15) is 0 Å². The van der Waals surface area contributed by atoms with Crippen molar-refractivity contribution in [3.63, 3.8) is 0 Å². The fourth-order valence-electron chi connectivity index (χ4n) is 1.97. The molecular weight excluding hydrogens is 252 g/mol. The van der Waals surface area contributed by atoms with Gasteiger partial charge in [-0.1, -0.05) is 41.0 Å². The Bertz CT molecular complexity index is 312. The normalized spacial score (nSPS) is 15.6. The van der Waals surface area contributed by atoms with E-state index in [1.165, 1.54) is 0 Å². The molecule has 0 aliphatic rings. The lowest BCUT2D eigenvalue weighted by atomic mass is 9.97. The maximum Gasteiger partial charge on any atom is 0.246 e. The SMILES string of the molecule is CCC/C(=C/[C@H](O)[C@@H](N)CC(C)C)C(=O)NCC(C)C. The van der Waals surface area contributed by atoms with Gasteiger partial charge in [-0.05, 0) is 30.8 Å². The predicted molar refractivity (Wildman–Crippen MR) is 84.3 cm³/mol. The summed E-state index contributed by atoms with van der Waals surface area (Å²) in [7, 11) is 0. The van der Waals surface area contributed by atoms with Gasteiger partial charge in [0.25, 0.3) is 0 Å². The third kappa shape index (κ3) is 8.33. The second-order valence-electron chi connectivity index (χ2n) is 6.33. The van der Waals surface area contributed by atoms with Crippen molar-refractivity contribution < 1.29 is 9.90 Å². The van der Waals surface area contributed by atoms with Crippen molar-refractivity contribution in [1.29, 1.82) is 0 Å². The van der Waals surface area contributed by atoms with E-state index >= 15 is 0 Å². The third-order valence-electron chi connectivity index (χ3n) is 3.04. The molecule has 0 rings (SSSR count). The van der Waals surface area contributed by atoms with Crippen LogP contribution in [0, 0.1) is 11.8 Å². The van der Waals surface area contributed by atoms with E-state index in [1.54, 1.807) is 6.08 Å². The van der Waals surface area contributed by atoms with Gasteiger partial charge in [-0.3, -0.25) is 4.79 Å². The van der Waals surface area contributed by atoms with Crippen molar-refractivity contribution >= 4 is 5.91 Å². The summed E-state index contributed by atoms with van der Waals surface area (Å²) < 4.78 is 0. The lowest BCUT2D eigenvalue weighted by molar-refractivity contribution is -0.117. The Hall–Kier alpha value is -0.870. The van der Waals surface area contributed by atoms with Crippen molar-refractivity contribution in [2.45, 2.75) is 66.0 Å². The highest BCUT2D eigenvalue weighted by atomic mass is 16.3. The highest BCUT2D eigenvalue weighted by Crippen LogP contribution is 2.12. The van der Waals surface area contributed by atoms with Crippen LogP contribution in [0.3, 0.4) is 0 Å². The molecule has 4 heteroatoms. The number of aliphatic hydroxyl groups is 1. The molecule has 118 valence electrons. The van der Waals surface area contributed by atoms with Crippen LogP contribution in [-0.4, -0.2) is 29.7 Å². The number of carbonyl (C=O) groups is 1. The van der Waals surface area contributed by atoms with E-state index in [4.69, 9.17) is 5.73 Å². The molecule has 0 unspecified atom stereocenters. The van der Waals surface area contributed by atoms with Gasteiger partial charge in [0, 0.05) is 18.2 Å². The number of nitrogens with one attached hydrogen (secondary N) is 1. The van der Waals surface area contributed by atoms with Crippen molar-refractivity contribution in [2.24, 2.45) is 17.6 Å². The molecule has 0 aromatic heterocycles. The predicted octanol–water partition coefficient (Wildman–Crippen LogP) is 2.22. The van der Waals surface area contributed by atoms with E-state index in [-0.39, 0.29) is 11.9 Å². The van der Waals surface area contributed by atoms with Crippen LogP contribution in [0.4, 0.5) is 0 Å². The van der Waals surface area contributed by atoms with E-state index in [0.29, 0.717) is 30.4 Å². The number of hydrogen-bond donors (Lipinski definition) is 3. The molecule has 0 aromatic carbocycles. The molecule has 0 saturated heterocycles. The first kappa shape index (κ1) is 19.1. The third-order valence-corrected chi connectivity index (χ3v) is 3.04. The number of hydrogen-bond acceptors (Lipinski definition) is 3. The molecule has 0 fully saturated rings. The summed E-state index contributed by atoms with van der Waals surface area (Å²) in [5, 5.41) is 13.0. The molecule has 1 amide bonds. The van der Waals surface area contributed by atoms with E-state index in [1.807, 2.05) is 6.92 Å². The fraction of sp³-hybridized carbons (Fsp3) is 0.812. The molecule has 0 aliphatic carbocycles. The first-order valence-electron chi connectivity index (χ1n) is 7.70. The van der Waals surface area contributed by atoms with Crippen molar-refractivity contribution in [3.8, 4) is 0 Å². The summed E-state index contributed by atoms with van der Waals surface area (Å²) in [6.45, 7) is 10.9. The summed E-state index contributed by atoms with van der Waals surface area (Å²) in [6.07, 6.45) is 3.14. The summed E-state index contributed by atoms with van der Waals surface area (Å²) in [6, 6.07) is -0.320. The Labute approximate surface area is 123 Å². The topological polar surface area (TPSA) is 75.3 Å². The average molecular weight is 284 g/mol. The maximum absolute atomic E-state index is 12.1. The number of aliphatic hydroxyl groups excluding tert-OH is 1. The van der Waals surface area contributed by atoms with Crippen molar-refractivity contribution in [3.05, 3.63) is 11.6 Å². The van der Waals surface area contributed by atoms with Gasteiger partial charge < -0.3 is 16.2 Å². The summed E-state index contributed by atoms with van der Waals surface area (Å²) in [4.78, 5) is 12.1. The molecule has 4 nitrogen and oxygen atoms in total. The zero-order chi connectivity index (χ0) is 15.7. The van der Waals surface area contributed by atoms with Gasteiger partial charge in [0.2, 0.25) is 5.91 Å². The Kier molecular flexibility index (Phi) is 9.51. The quantitative estimate of drug-likeness (QED) is 0.568. The fourth-order valence-corrected chi connectivity index (χ4v) is 1.97. The zero-order valence-corrected chi connectivity index (χ0v) is 13.6. The minimum Gasteiger partial charge on any atom is -0.387 e. The Morgan fingerprint density at radius 3 is 2.30 bits per heavy atom. The van der Waals surface area contributed by atoms with Gasteiger partial charge in [0.1, 0.15) is 0 Å². The molecule has 0 radical (unpaired) electrons. The molecule has 0 saturated carbocycles. The highest BCUT2D eigenvalue weighted by molar-refractivity contribution is 5.93. The lowest BCUT2D eigenvalue weighted by Gasteiger charge is -2.19. The van der Waals surface area contributed by atoms with Crippen LogP contribution in [-0.2, 0) is 4.79 Å². The molecule has 2 atom stereocenters. The molecule has 4 N–H and O–H groups in total. The Balaban J connectivity index is 4.70. The van der Waals surface area contributed by atoms with Crippen molar-refractivity contribution in [2.75, 3.05) is 6.54 Å². The average Bonchev–Trinajstić information content (AvgIpc) is 2.34. The van der Waals surface area contributed by atoms with Crippen LogP contribution in [0.2, 0.25) is 0 Å². The van der Waals surface area contributed by atoms with Gasteiger partial charge >= 0.3 is 0 Å². The Morgan fingerprint density at radius 2 is 1.85 bits per heavy atom. The molecule has 20 heavy (non-hydrogen) atoms. The van der Waals surface area contributed by atoms with Crippen LogP contribution >= 0.6 is 0 Å². The van der Waals surface area contributed by atoms with Crippen LogP contribution in [0.15, 0.2) is 11.6 Å². The monoisotopic (exact) mass is 284 g/mol. The van der Waals surface area contributed by atoms with Crippen LogP contribution in [0.1, 0.15) is 53.9 Å². The highest BCUT2D eigenvalue weighted by Gasteiger charge is 2.17. The Morgan fingerprint density at radius 1 is 1.25 bits per heavy atom. The number of rotatable bonds is 9. The van der Waals surface area contributed by atoms with Gasteiger partial charge in [-0.15, -0.1) is 0 Å². The standard InChI is InChI=1S/C16H32N2O2/c1-6-7-13(16(20)18-10-12(4)5)9-15(19)14(17)8-11(2)3/h9,11-12,14-15,19H,6-8,10,17H2,1-5H3,(H,18,20)/b13-9-/t14-,15-/m0/s1. The van der Waals surface area contributed by atoms with E-state index in [2.05, 4.69) is 33.0 Å². The summed E-state index contributed by atoms with van der Waals surface area (Å²) >= 11 is 0. The lowest BCUT2D eigenvalue weighted by Crippen LogP contribution is -2.36. The van der Waals surface area contributed by atoms with E-state index in [9.17, 15) is 9.90 Å². The number of carbonyl (C=O) groups excluding carboxylic acids is 1. The molecule has 0 bridgehead atoms. The van der Waals surface area contributed by atoms with Crippen LogP contribution in [0.25, 0.3) is 0 Å². The first-order chi connectivity index (χ1) is 9.27. The first-order valence-corrected chi connectivity index (χ1v) is 7.70. The van der Waals surface area contributed by atoms with E-state index in [0.717, 1.165) is 12.8 Å². The molecular formula is C16H32N2O2. The molecule has 0 aliphatic heterocycles. The minimum atomic E-state index is -0.760. The summed E-state index contributed by atoms with van der Waals surface area (Å²) in [5.41, 5.74) is 6.60. The van der Waals surface area contributed by atoms with Gasteiger partial charge in [0.05, 0.1) is 6.10 Å². The van der Waals surface area contributed by atoms with Crippen molar-refractivity contribution in [1.82, 2.24) is 5.32 Å². The van der Waals surface area contributed by atoms with Gasteiger partial charge in [0.15, 0.2) is 0 Å². The molecule has 0 heterocycles.